The number of thioether (sulfide) groups is 1. The van der Waals surface area contributed by atoms with E-state index >= 15 is 0 Å². The average Bonchev–Trinajstić information content (AvgIpc) is 3.29. The lowest BCUT2D eigenvalue weighted by molar-refractivity contribution is -0.113. The number of benzene rings is 4. The van der Waals surface area contributed by atoms with Crippen molar-refractivity contribution in [2.24, 2.45) is 4.99 Å². The number of carbonyl (C=O) groups is 1. The molecular weight excluding hydrogens is 538 g/mol. The van der Waals surface area contributed by atoms with Crippen LogP contribution in [0.3, 0.4) is 0 Å². The second-order valence-corrected chi connectivity index (χ2v) is 13.3. The average molecular weight is 557 g/mol. The highest BCUT2D eigenvalue weighted by atomic mass is 35.5. The molecule has 0 saturated carbocycles. The summed E-state index contributed by atoms with van der Waals surface area (Å²) in [5.41, 5.74) is 1.14. The maximum absolute atomic E-state index is 13.1. The van der Waals surface area contributed by atoms with Gasteiger partial charge in [0.2, 0.25) is 5.42 Å². The molecule has 1 heterocycles. The highest BCUT2D eigenvalue weighted by Gasteiger charge is 2.36. The molecule has 1 aliphatic rings. The Labute approximate surface area is 230 Å². The van der Waals surface area contributed by atoms with Gasteiger partial charge in [-0.25, -0.2) is 9.84 Å². The summed E-state index contributed by atoms with van der Waals surface area (Å²) in [6, 6.07) is 35.3. The lowest BCUT2D eigenvalue weighted by Gasteiger charge is -2.30. The van der Waals surface area contributed by atoms with Crippen molar-refractivity contribution >= 4 is 80.2 Å². The molecule has 4 aromatic carbocycles. The molecule has 7 heteroatoms. The predicted molar refractivity (Wildman–Crippen MR) is 161 cm³/mol. The lowest BCUT2D eigenvalue weighted by Crippen LogP contribution is -2.31. The molecular formula is C30H19Cl2N2OPS. The van der Waals surface area contributed by atoms with E-state index in [1.165, 1.54) is 11.8 Å². The van der Waals surface area contributed by atoms with E-state index in [2.05, 4.69) is 46.2 Å². The first-order valence-corrected chi connectivity index (χ1v) is 14.7. The van der Waals surface area contributed by atoms with Crippen LogP contribution in [0.5, 0.6) is 0 Å². The van der Waals surface area contributed by atoms with Gasteiger partial charge in [0.05, 0.1) is 11.5 Å². The van der Waals surface area contributed by atoms with Gasteiger partial charge >= 0.3 is 0 Å². The number of amides is 1. The molecule has 0 fully saturated rings. The SMILES string of the molecule is [C-]#[N+]C(C1=NC(=O)/C(=C/c2ccc(Cl)cc2Cl)S1)=P(c1ccccc1)(c1ccccc1)c1ccccc1. The van der Waals surface area contributed by atoms with Gasteiger partial charge < -0.3 is 0 Å². The Balaban J connectivity index is 1.79. The van der Waals surface area contributed by atoms with Gasteiger partial charge in [-0.15, -0.1) is 0 Å². The summed E-state index contributed by atoms with van der Waals surface area (Å²) in [5, 5.41) is 4.44. The standard InChI is InChI=1S/C30H19Cl2N2OPS/c1-33-29(30-34-28(35)27(37-30)19-21-17-18-22(31)20-26(21)32)36(23-11-5-2-6-12-23,24-13-7-3-8-14-24)25-15-9-4-10-16-25/h2-20H/b27-19-. The fraction of sp³-hybridized carbons (Fsp3) is 0. The molecule has 5 rings (SSSR count). The fourth-order valence-electron chi connectivity index (χ4n) is 4.30. The quantitative estimate of drug-likeness (QED) is 0.150. The third-order valence-electron chi connectivity index (χ3n) is 5.91. The molecule has 1 amide bonds. The Bertz CT molecular complexity index is 1540. The molecule has 180 valence electrons. The molecule has 37 heavy (non-hydrogen) atoms. The van der Waals surface area contributed by atoms with E-state index in [-0.39, 0.29) is 5.91 Å². The molecule has 0 aliphatic carbocycles. The number of halogens is 2. The zero-order chi connectivity index (χ0) is 25.8. The van der Waals surface area contributed by atoms with Gasteiger partial charge in [-0.05, 0) is 46.6 Å². The Kier molecular flexibility index (Phi) is 7.51. The Hall–Kier alpha value is -3.32. The molecule has 0 N–H and O–H groups in total. The van der Waals surface area contributed by atoms with E-state index in [0.717, 1.165) is 15.9 Å². The monoisotopic (exact) mass is 556 g/mol. The van der Waals surface area contributed by atoms with Crippen LogP contribution in [0.2, 0.25) is 10.0 Å². The van der Waals surface area contributed by atoms with Crippen LogP contribution >= 0.6 is 41.8 Å². The number of carbonyl (C=O) groups excluding carboxylic acids is 1. The second-order valence-electron chi connectivity index (χ2n) is 8.11. The molecule has 3 nitrogen and oxygen atoms in total. The molecule has 0 spiro atoms. The zero-order valence-electron chi connectivity index (χ0n) is 19.4. The summed E-state index contributed by atoms with van der Waals surface area (Å²) in [4.78, 5) is 22.0. The van der Waals surface area contributed by atoms with Gasteiger partial charge in [0.15, 0.2) is 0 Å². The Morgan fingerprint density at radius 2 is 1.32 bits per heavy atom. The minimum absolute atomic E-state index is 0.389. The largest absolute Gasteiger partial charge is 0.283 e. The minimum atomic E-state index is -2.68. The van der Waals surface area contributed by atoms with E-state index in [1.54, 1.807) is 24.3 Å². The van der Waals surface area contributed by atoms with Crippen molar-refractivity contribution < 1.29 is 4.79 Å². The number of aliphatic imine (C=N–C) groups is 1. The van der Waals surface area contributed by atoms with E-state index in [9.17, 15) is 4.79 Å². The van der Waals surface area contributed by atoms with Gasteiger partial charge in [-0.2, -0.15) is 0 Å². The second kappa shape index (κ2) is 11.0. The molecule has 1 aliphatic heterocycles. The maximum Gasteiger partial charge on any atom is 0.283 e. The van der Waals surface area contributed by atoms with Gasteiger partial charge in [0.25, 0.3) is 5.91 Å². The Morgan fingerprint density at radius 3 is 1.78 bits per heavy atom. The van der Waals surface area contributed by atoms with Crippen molar-refractivity contribution in [1.29, 1.82) is 0 Å². The summed E-state index contributed by atoms with van der Waals surface area (Å²) in [5.74, 6) is -0.389. The summed E-state index contributed by atoms with van der Waals surface area (Å²) >= 11 is 13.6. The summed E-state index contributed by atoms with van der Waals surface area (Å²) in [7, 11) is 0. The zero-order valence-corrected chi connectivity index (χ0v) is 22.6. The third-order valence-corrected chi connectivity index (χ3v) is 11.8. The van der Waals surface area contributed by atoms with Crippen LogP contribution in [-0.2, 0) is 4.79 Å². The summed E-state index contributed by atoms with van der Waals surface area (Å²) < 4.78 is 0. The molecule has 0 bridgehead atoms. The highest BCUT2D eigenvalue weighted by molar-refractivity contribution is 8.22. The van der Waals surface area contributed by atoms with Crippen LogP contribution in [0, 0.1) is 6.57 Å². The van der Waals surface area contributed by atoms with Crippen LogP contribution in [0.15, 0.2) is 119 Å². The van der Waals surface area contributed by atoms with Crippen molar-refractivity contribution in [2.45, 2.75) is 0 Å². The lowest BCUT2D eigenvalue weighted by atomic mass is 10.2. The number of hydrogen-bond acceptors (Lipinski definition) is 2. The summed E-state index contributed by atoms with van der Waals surface area (Å²) in [6.45, 7) is 5.72. The van der Waals surface area contributed by atoms with Crippen molar-refractivity contribution in [3.8, 4) is 0 Å². The summed E-state index contributed by atoms with van der Waals surface area (Å²) in [6.07, 6.45) is 1.71. The first-order chi connectivity index (χ1) is 18.0. The topological polar surface area (TPSA) is 33.8 Å². The maximum atomic E-state index is 13.1. The Morgan fingerprint density at radius 1 is 0.811 bits per heavy atom. The van der Waals surface area contributed by atoms with Gasteiger partial charge in [0, 0.05) is 10.0 Å². The molecule has 4 aromatic rings. The van der Waals surface area contributed by atoms with Crippen LogP contribution in [0.1, 0.15) is 5.56 Å². The molecule has 0 aromatic heterocycles. The van der Waals surface area contributed by atoms with Crippen LogP contribution in [0.25, 0.3) is 10.9 Å². The normalized spacial score (nSPS) is 14.4. The molecule has 0 atom stereocenters. The highest BCUT2D eigenvalue weighted by Crippen LogP contribution is 2.49. The van der Waals surface area contributed by atoms with Crippen molar-refractivity contribution in [3.05, 3.63) is 141 Å². The first kappa shape index (κ1) is 25.3. The fourth-order valence-corrected chi connectivity index (χ4v) is 10.1. The van der Waals surface area contributed by atoms with Crippen LogP contribution < -0.4 is 15.9 Å². The first-order valence-electron chi connectivity index (χ1n) is 11.3. The van der Waals surface area contributed by atoms with Crippen molar-refractivity contribution in [2.75, 3.05) is 0 Å². The minimum Gasteiger partial charge on any atom is -0.266 e. The predicted octanol–water partition coefficient (Wildman–Crippen LogP) is 7.05. The van der Waals surface area contributed by atoms with Crippen LogP contribution in [-0.4, -0.2) is 16.4 Å². The van der Waals surface area contributed by atoms with Crippen molar-refractivity contribution in [3.63, 3.8) is 0 Å². The molecule has 0 unspecified atom stereocenters. The van der Waals surface area contributed by atoms with E-state index in [1.807, 2.05) is 54.6 Å². The third kappa shape index (κ3) is 4.85. The molecule has 0 saturated heterocycles. The van der Waals surface area contributed by atoms with Gasteiger partial charge in [0.1, 0.15) is 5.04 Å². The molecule has 0 radical (unpaired) electrons. The van der Waals surface area contributed by atoms with E-state index in [4.69, 9.17) is 29.8 Å². The van der Waals surface area contributed by atoms with E-state index < -0.39 is 6.89 Å². The van der Waals surface area contributed by atoms with Crippen LogP contribution in [0.4, 0.5) is 0 Å². The number of rotatable bonds is 5. The van der Waals surface area contributed by atoms with Gasteiger partial charge in [-0.3, -0.25) is 4.79 Å². The number of hydrogen-bond donors (Lipinski definition) is 0. The van der Waals surface area contributed by atoms with Crippen molar-refractivity contribution in [1.82, 2.24) is 0 Å². The van der Waals surface area contributed by atoms with Gasteiger partial charge in [-0.1, -0.05) is 132 Å². The van der Waals surface area contributed by atoms with E-state index in [0.29, 0.717) is 31.0 Å². The number of nitrogens with zero attached hydrogens (tertiary/aromatic N) is 2. The smallest absolute Gasteiger partial charge is 0.266 e.